The highest BCUT2D eigenvalue weighted by Gasteiger charge is 2.18. The maximum atomic E-state index is 13.7. The van der Waals surface area contributed by atoms with Crippen molar-refractivity contribution in [1.82, 2.24) is 0 Å². The van der Waals surface area contributed by atoms with Crippen molar-refractivity contribution in [2.24, 2.45) is 0 Å². The number of rotatable bonds is 2. The van der Waals surface area contributed by atoms with Crippen molar-refractivity contribution in [3.63, 3.8) is 0 Å². The lowest BCUT2D eigenvalue weighted by atomic mass is 9.97. The normalized spacial score (nSPS) is 18.4. The Morgan fingerprint density at radius 2 is 2.06 bits per heavy atom. The third-order valence-corrected chi connectivity index (χ3v) is 3.42. The van der Waals surface area contributed by atoms with Crippen LogP contribution in [0.5, 0.6) is 0 Å². The summed E-state index contributed by atoms with van der Waals surface area (Å²) in [4.78, 5) is 0. The van der Waals surface area contributed by atoms with Crippen LogP contribution in [0.15, 0.2) is 29.8 Å². The van der Waals surface area contributed by atoms with Crippen molar-refractivity contribution >= 4 is 11.6 Å². The molecule has 0 fully saturated rings. The van der Waals surface area contributed by atoms with E-state index < -0.39 is 11.9 Å². The molecule has 0 bridgehead atoms. The topological polar surface area (TPSA) is 20.2 Å². The second kappa shape index (κ2) is 5.65. The molecule has 2 rings (SSSR count). The van der Waals surface area contributed by atoms with Crippen LogP contribution in [0.1, 0.15) is 43.8 Å². The molecule has 0 aliphatic heterocycles. The zero-order valence-corrected chi connectivity index (χ0v) is 10.4. The average molecular weight is 255 g/mol. The monoisotopic (exact) mass is 254 g/mol. The fourth-order valence-electron chi connectivity index (χ4n) is 2.21. The molecule has 3 heteroatoms. The van der Waals surface area contributed by atoms with Gasteiger partial charge in [0.25, 0.3) is 0 Å². The van der Waals surface area contributed by atoms with Crippen molar-refractivity contribution in [3.05, 3.63) is 46.3 Å². The SMILES string of the molecule is OC(C1=CCCCCC1)c1ccc(Cl)cc1F. The van der Waals surface area contributed by atoms with Gasteiger partial charge in [0, 0.05) is 10.6 Å². The quantitative estimate of drug-likeness (QED) is 0.776. The third kappa shape index (κ3) is 3.08. The van der Waals surface area contributed by atoms with E-state index in [1.165, 1.54) is 12.5 Å². The second-order valence-electron chi connectivity index (χ2n) is 4.45. The number of allylic oxidation sites excluding steroid dienone is 1. The molecule has 1 atom stereocenters. The van der Waals surface area contributed by atoms with E-state index in [1.807, 2.05) is 6.08 Å². The molecule has 1 aromatic rings. The minimum Gasteiger partial charge on any atom is -0.384 e. The van der Waals surface area contributed by atoms with Gasteiger partial charge in [0.15, 0.2) is 0 Å². The Kier molecular flexibility index (Phi) is 4.19. The predicted octanol–water partition coefficient (Wildman–Crippen LogP) is 4.40. The second-order valence-corrected chi connectivity index (χ2v) is 4.88. The number of aliphatic hydroxyl groups excluding tert-OH is 1. The van der Waals surface area contributed by atoms with Gasteiger partial charge in [-0.3, -0.25) is 0 Å². The number of halogens is 2. The van der Waals surface area contributed by atoms with Gasteiger partial charge in [-0.25, -0.2) is 4.39 Å². The molecule has 0 spiro atoms. The Bertz CT molecular complexity index is 428. The summed E-state index contributed by atoms with van der Waals surface area (Å²) in [6, 6.07) is 4.42. The molecule has 1 nitrogen and oxygen atoms in total. The molecule has 0 radical (unpaired) electrons. The number of hydrogen-bond donors (Lipinski definition) is 1. The lowest BCUT2D eigenvalue weighted by Gasteiger charge is -2.15. The summed E-state index contributed by atoms with van der Waals surface area (Å²) < 4.78 is 13.7. The third-order valence-electron chi connectivity index (χ3n) is 3.18. The summed E-state index contributed by atoms with van der Waals surface area (Å²) in [7, 11) is 0. The lowest BCUT2D eigenvalue weighted by Crippen LogP contribution is -2.04. The first kappa shape index (κ1) is 12.6. The summed E-state index contributed by atoms with van der Waals surface area (Å²) in [5.74, 6) is -0.435. The maximum absolute atomic E-state index is 13.7. The zero-order valence-electron chi connectivity index (χ0n) is 9.63. The molecule has 1 aliphatic rings. The van der Waals surface area contributed by atoms with E-state index in [4.69, 9.17) is 11.6 Å². The van der Waals surface area contributed by atoms with E-state index in [1.54, 1.807) is 12.1 Å². The number of hydrogen-bond acceptors (Lipinski definition) is 1. The van der Waals surface area contributed by atoms with E-state index in [0.29, 0.717) is 10.6 Å². The van der Waals surface area contributed by atoms with Crippen LogP contribution < -0.4 is 0 Å². The van der Waals surface area contributed by atoms with Crippen molar-refractivity contribution in [1.29, 1.82) is 0 Å². The molecule has 1 aromatic carbocycles. The summed E-state index contributed by atoms with van der Waals surface area (Å²) >= 11 is 5.70. The van der Waals surface area contributed by atoms with Crippen LogP contribution in [0.4, 0.5) is 4.39 Å². The standard InChI is InChI=1S/C14H16ClFO/c15-11-7-8-12(13(16)9-11)14(17)10-5-3-1-2-4-6-10/h5,7-9,14,17H,1-4,6H2. The van der Waals surface area contributed by atoms with Gasteiger partial charge >= 0.3 is 0 Å². The molecule has 0 heterocycles. The molecule has 0 amide bonds. The minimum absolute atomic E-state index is 0.322. The van der Waals surface area contributed by atoms with Gasteiger partial charge in [0.1, 0.15) is 11.9 Å². The molecule has 1 unspecified atom stereocenters. The van der Waals surface area contributed by atoms with E-state index in [0.717, 1.165) is 31.3 Å². The molecule has 0 aromatic heterocycles. The van der Waals surface area contributed by atoms with E-state index >= 15 is 0 Å². The first-order valence-corrected chi connectivity index (χ1v) is 6.38. The highest BCUT2D eigenvalue weighted by molar-refractivity contribution is 6.30. The number of benzene rings is 1. The van der Waals surface area contributed by atoms with E-state index in [2.05, 4.69) is 0 Å². The van der Waals surface area contributed by atoms with Crippen LogP contribution in [0.25, 0.3) is 0 Å². The van der Waals surface area contributed by atoms with Gasteiger partial charge in [-0.15, -0.1) is 0 Å². The fraction of sp³-hybridized carbons (Fsp3) is 0.429. The largest absolute Gasteiger partial charge is 0.384 e. The Balaban J connectivity index is 2.23. The van der Waals surface area contributed by atoms with Gasteiger partial charge in [-0.1, -0.05) is 30.2 Å². The maximum Gasteiger partial charge on any atom is 0.130 e. The van der Waals surface area contributed by atoms with Crippen LogP contribution >= 0.6 is 11.6 Å². The van der Waals surface area contributed by atoms with Crippen LogP contribution in [0.2, 0.25) is 5.02 Å². The molecule has 0 saturated carbocycles. The lowest BCUT2D eigenvalue weighted by molar-refractivity contribution is 0.205. The van der Waals surface area contributed by atoms with Crippen LogP contribution in [0.3, 0.4) is 0 Å². The molecule has 1 N–H and O–H groups in total. The van der Waals surface area contributed by atoms with Crippen LogP contribution in [-0.4, -0.2) is 5.11 Å². The highest BCUT2D eigenvalue weighted by Crippen LogP contribution is 2.31. The molecular formula is C14H16ClFO. The average Bonchev–Trinajstić information content (AvgIpc) is 2.56. The highest BCUT2D eigenvalue weighted by atomic mass is 35.5. The fourth-order valence-corrected chi connectivity index (χ4v) is 2.37. The molecule has 17 heavy (non-hydrogen) atoms. The van der Waals surface area contributed by atoms with Crippen molar-refractivity contribution in [3.8, 4) is 0 Å². The summed E-state index contributed by atoms with van der Waals surface area (Å²) in [6.07, 6.45) is 6.44. The molecule has 92 valence electrons. The van der Waals surface area contributed by atoms with Gasteiger partial charge in [0.2, 0.25) is 0 Å². The van der Waals surface area contributed by atoms with Crippen molar-refractivity contribution < 1.29 is 9.50 Å². The van der Waals surface area contributed by atoms with Gasteiger partial charge in [-0.2, -0.15) is 0 Å². The Hall–Kier alpha value is -0.860. The van der Waals surface area contributed by atoms with Crippen LogP contribution in [-0.2, 0) is 0 Å². The predicted molar refractivity (Wildman–Crippen MR) is 67.5 cm³/mol. The van der Waals surface area contributed by atoms with Crippen molar-refractivity contribution in [2.75, 3.05) is 0 Å². The smallest absolute Gasteiger partial charge is 0.130 e. The number of aliphatic hydroxyl groups is 1. The molecule has 0 saturated heterocycles. The summed E-state index contributed by atoms with van der Waals surface area (Å²) in [6.45, 7) is 0. The first-order valence-electron chi connectivity index (χ1n) is 6.00. The summed E-state index contributed by atoms with van der Waals surface area (Å²) in [5.41, 5.74) is 1.26. The Morgan fingerprint density at radius 3 is 2.82 bits per heavy atom. The Morgan fingerprint density at radius 1 is 1.24 bits per heavy atom. The first-order chi connectivity index (χ1) is 8.18. The van der Waals surface area contributed by atoms with E-state index in [9.17, 15) is 9.50 Å². The summed E-state index contributed by atoms with van der Waals surface area (Å²) in [5, 5.41) is 10.5. The van der Waals surface area contributed by atoms with Crippen molar-refractivity contribution in [2.45, 2.75) is 38.2 Å². The van der Waals surface area contributed by atoms with Crippen LogP contribution in [0, 0.1) is 5.82 Å². The van der Waals surface area contributed by atoms with E-state index in [-0.39, 0.29) is 0 Å². The van der Waals surface area contributed by atoms with Gasteiger partial charge in [0.05, 0.1) is 0 Å². The van der Waals surface area contributed by atoms with Gasteiger partial charge < -0.3 is 5.11 Å². The zero-order chi connectivity index (χ0) is 12.3. The molecular weight excluding hydrogens is 239 g/mol. The van der Waals surface area contributed by atoms with Gasteiger partial charge in [-0.05, 0) is 43.4 Å². The Labute approximate surface area is 106 Å². The molecule has 1 aliphatic carbocycles. The minimum atomic E-state index is -0.828.